The topological polar surface area (TPSA) is 145 Å². The molecule has 1 aliphatic rings. The number of sulfonamides is 1. The number of rotatable bonds is 8. The fourth-order valence-corrected chi connectivity index (χ4v) is 5.21. The summed E-state index contributed by atoms with van der Waals surface area (Å²) < 4.78 is 27.3. The van der Waals surface area contributed by atoms with Crippen LogP contribution in [0.5, 0.6) is 0 Å². The summed E-state index contributed by atoms with van der Waals surface area (Å²) in [5.41, 5.74) is 6.83. The molecule has 0 radical (unpaired) electrons. The molecule has 1 heterocycles. The van der Waals surface area contributed by atoms with Crippen molar-refractivity contribution in [1.29, 1.82) is 5.41 Å². The van der Waals surface area contributed by atoms with Crippen LogP contribution < -0.4 is 15.8 Å². The normalized spacial score (nSPS) is 15.9. The fraction of sp³-hybridized carbons (Fsp3) is 0.286. The second-order valence-electron chi connectivity index (χ2n) is 7.45. The molecule has 12 heteroatoms. The number of nitrogens with two attached hydrogens (primary N) is 1. The van der Waals surface area contributed by atoms with Gasteiger partial charge in [-0.2, -0.15) is 0 Å². The molecular formula is C21H23Cl2N5O4S. The molecule has 2 amide bonds. The van der Waals surface area contributed by atoms with E-state index < -0.39 is 28.5 Å². The molecule has 3 rings (SSSR count). The second kappa shape index (κ2) is 10.5. The van der Waals surface area contributed by atoms with Gasteiger partial charge in [0.1, 0.15) is 16.8 Å². The minimum atomic E-state index is -4.07. The lowest BCUT2D eigenvalue weighted by molar-refractivity contribution is -0.137. The number of halogens is 2. The molecule has 5 N–H and O–H groups in total. The Morgan fingerprint density at radius 2 is 1.85 bits per heavy atom. The maximum Gasteiger partial charge on any atom is 0.243 e. The maximum atomic E-state index is 12.7. The number of benzene rings is 2. The molecule has 0 saturated carbocycles. The molecule has 33 heavy (non-hydrogen) atoms. The minimum absolute atomic E-state index is 0.0426. The van der Waals surface area contributed by atoms with Gasteiger partial charge in [-0.3, -0.25) is 15.0 Å². The average molecular weight is 512 g/mol. The third-order valence-electron chi connectivity index (χ3n) is 5.23. The number of likely N-dealkylation sites (tertiary alicyclic amines) is 1. The highest BCUT2D eigenvalue weighted by molar-refractivity contribution is 7.89. The third-order valence-corrected chi connectivity index (χ3v) is 7.60. The van der Waals surface area contributed by atoms with E-state index in [0.29, 0.717) is 24.9 Å². The standard InChI is InChI=1S/C21H23Cl2N5O4S/c22-15-3-1-5-17(19(15)23)33(31,32)27-12-18(29)28-10-2-4-16(28)21(30)26-11-13-6-8-14(9-7-13)20(24)25/h1,3,5-9,16,27H,2,4,10-12H2,(H3,24,25)(H,26,30)/t16-/m0/s1. The highest BCUT2D eigenvalue weighted by Gasteiger charge is 2.34. The molecule has 176 valence electrons. The van der Waals surface area contributed by atoms with Gasteiger partial charge < -0.3 is 16.0 Å². The van der Waals surface area contributed by atoms with Crippen molar-refractivity contribution in [3.05, 3.63) is 63.6 Å². The monoisotopic (exact) mass is 511 g/mol. The van der Waals surface area contributed by atoms with Crippen molar-refractivity contribution in [2.45, 2.75) is 30.3 Å². The van der Waals surface area contributed by atoms with Crippen LogP contribution in [0, 0.1) is 5.41 Å². The van der Waals surface area contributed by atoms with Crippen LogP contribution in [0.2, 0.25) is 10.0 Å². The molecule has 0 unspecified atom stereocenters. The lowest BCUT2D eigenvalue weighted by Gasteiger charge is -2.24. The molecular weight excluding hydrogens is 489 g/mol. The molecule has 0 spiro atoms. The molecule has 1 saturated heterocycles. The van der Waals surface area contributed by atoms with Crippen LogP contribution in [0.15, 0.2) is 47.4 Å². The number of carbonyl (C=O) groups is 2. The summed E-state index contributed by atoms with van der Waals surface area (Å²) in [5.74, 6) is -0.878. The summed E-state index contributed by atoms with van der Waals surface area (Å²) in [6, 6.07) is 10.4. The molecule has 1 aliphatic heterocycles. The SMILES string of the molecule is N=C(N)c1ccc(CNC(=O)[C@@H]2CCCN2C(=O)CNS(=O)(=O)c2cccc(Cl)c2Cl)cc1. The summed E-state index contributed by atoms with van der Waals surface area (Å²) in [6.45, 7) is 0.0841. The Labute approximate surface area is 201 Å². The van der Waals surface area contributed by atoms with E-state index in [0.717, 1.165) is 5.56 Å². The highest BCUT2D eigenvalue weighted by atomic mass is 35.5. The van der Waals surface area contributed by atoms with Gasteiger partial charge in [-0.1, -0.05) is 53.5 Å². The van der Waals surface area contributed by atoms with Crippen molar-refractivity contribution in [3.8, 4) is 0 Å². The Balaban J connectivity index is 1.58. The third kappa shape index (κ3) is 6.02. The maximum absolute atomic E-state index is 12.7. The van der Waals surface area contributed by atoms with E-state index in [1.165, 1.54) is 23.1 Å². The number of amidine groups is 1. The van der Waals surface area contributed by atoms with E-state index in [-0.39, 0.29) is 33.2 Å². The number of nitrogens with one attached hydrogen (secondary N) is 3. The summed E-state index contributed by atoms with van der Waals surface area (Å²) in [7, 11) is -4.07. The van der Waals surface area contributed by atoms with E-state index >= 15 is 0 Å². The number of carbonyl (C=O) groups excluding carboxylic acids is 2. The van der Waals surface area contributed by atoms with Gasteiger partial charge in [-0.25, -0.2) is 13.1 Å². The summed E-state index contributed by atoms with van der Waals surface area (Å²) in [4.78, 5) is 26.5. The number of amides is 2. The zero-order valence-electron chi connectivity index (χ0n) is 17.5. The van der Waals surface area contributed by atoms with Crippen molar-refractivity contribution in [3.63, 3.8) is 0 Å². The largest absolute Gasteiger partial charge is 0.384 e. The smallest absolute Gasteiger partial charge is 0.243 e. The zero-order valence-corrected chi connectivity index (χ0v) is 19.8. The van der Waals surface area contributed by atoms with E-state index in [2.05, 4.69) is 10.0 Å². The number of hydrogen-bond acceptors (Lipinski definition) is 5. The van der Waals surface area contributed by atoms with Crippen molar-refractivity contribution in [2.24, 2.45) is 5.73 Å². The average Bonchev–Trinajstić information content (AvgIpc) is 3.28. The van der Waals surface area contributed by atoms with Crippen molar-refractivity contribution in [1.82, 2.24) is 14.9 Å². The molecule has 9 nitrogen and oxygen atoms in total. The van der Waals surface area contributed by atoms with Gasteiger partial charge in [0.15, 0.2) is 0 Å². The highest BCUT2D eigenvalue weighted by Crippen LogP contribution is 2.28. The Hall–Kier alpha value is -2.66. The van der Waals surface area contributed by atoms with E-state index in [9.17, 15) is 18.0 Å². The van der Waals surface area contributed by atoms with Gasteiger partial charge in [0.2, 0.25) is 21.8 Å². The first-order valence-corrected chi connectivity index (χ1v) is 12.3. The summed E-state index contributed by atoms with van der Waals surface area (Å²) in [6.07, 6.45) is 1.11. The van der Waals surface area contributed by atoms with Gasteiger partial charge in [0, 0.05) is 18.7 Å². The molecule has 0 aliphatic carbocycles. The van der Waals surface area contributed by atoms with Crippen LogP contribution >= 0.6 is 23.2 Å². The van der Waals surface area contributed by atoms with Crippen LogP contribution in [0.1, 0.15) is 24.0 Å². The predicted octanol–water partition coefficient (Wildman–Crippen LogP) is 1.86. The van der Waals surface area contributed by atoms with E-state index in [1.54, 1.807) is 24.3 Å². The first-order valence-electron chi connectivity index (χ1n) is 10.0. The lowest BCUT2D eigenvalue weighted by atomic mass is 10.1. The lowest BCUT2D eigenvalue weighted by Crippen LogP contribution is -2.48. The van der Waals surface area contributed by atoms with Crippen LogP contribution in [-0.2, 0) is 26.2 Å². The number of hydrogen-bond donors (Lipinski definition) is 4. The first kappa shape index (κ1) is 25.0. The first-order chi connectivity index (χ1) is 15.6. The van der Waals surface area contributed by atoms with Gasteiger partial charge in [0.05, 0.1) is 16.6 Å². The van der Waals surface area contributed by atoms with Crippen molar-refractivity contribution < 1.29 is 18.0 Å². The molecule has 2 aromatic carbocycles. The quantitative estimate of drug-likeness (QED) is 0.315. The number of nitrogens with zero attached hydrogens (tertiary/aromatic N) is 1. The van der Waals surface area contributed by atoms with Crippen LogP contribution in [0.4, 0.5) is 0 Å². The van der Waals surface area contributed by atoms with E-state index in [4.69, 9.17) is 34.3 Å². The Morgan fingerprint density at radius 3 is 2.52 bits per heavy atom. The summed E-state index contributed by atoms with van der Waals surface area (Å²) in [5, 5.41) is 10.2. The predicted molar refractivity (Wildman–Crippen MR) is 126 cm³/mol. The Morgan fingerprint density at radius 1 is 1.15 bits per heavy atom. The molecule has 1 fully saturated rings. The van der Waals surface area contributed by atoms with Crippen molar-refractivity contribution in [2.75, 3.05) is 13.1 Å². The van der Waals surface area contributed by atoms with Gasteiger partial charge >= 0.3 is 0 Å². The number of nitrogen functional groups attached to an aromatic ring is 1. The van der Waals surface area contributed by atoms with E-state index in [1.807, 2.05) is 0 Å². The second-order valence-corrected chi connectivity index (χ2v) is 9.97. The van der Waals surface area contributed by atoms with Gasteiger partial charge in [-0.05, 0) is 30.5 Å². The van der Waals surface area contributed by atoms with Crippen molar-refractivity contribution >= 4 is 50.9 Å². The molecule has 1 atom stereocenters. The minimum Gasteiger partial charge on any atom is -0.384 e. The zero-order chi connectivity index (χ0) is 24.2. The summed E-state index contributed by atoms with van der Waals surface area (Å²) >= 11 is 11.9. The fourth-order valence-electron chi connectivity index (χ4n) is 3.47. The van der Waals surface area contributed by atoms with Gasteiger partial charge in [-0.15, -0.1) is 0 Å². The van der Waals surface area contributed by atoms with Crippen LogP contribution in [0.25, 0.3) is 0 Å². The van der Waals surface area contributed by atoms with Crippen LogP contribution in [-0.4, -0.2) is 50.1 Å². The van der Waals surface area contributed by atoms with Gasteiger partial charge in [0.25, 0.3) is 0 Å². The Bertz CT molecular complexity index is 1170. The Kier molecular flexibility index (Phi) is 7.96. The molecule has 2 aromatic rings. The van der Waals surface area contributed by atoms with Crippen LogP contribution in [0.3, 0.4) is 0 Å². The molecule has 0 aromatic heterocycles. The molecule has 0 bridgehead atoms.